The molecule has 0 heterocycles. The van der Waals surface area contributed by atoms with Gasteiger partial charge in [-0.05, 0) is 24.3 Å². The Morgan fingerprint density at radius 3 is 1.50 bits per heavy atom. The molecule has 0 fully saturated rings. The van der Waals surface area contributed by atoms with Crippen molar-refractivity contribution in [1.82, 2.24) is 0 Å². The van der Waals surface area contributed by atoms with Crippen LogP contribution in [0.15, 0.2) is 0 Å². The normalized spacial score (nSPS) is 9.83. The molecule has 0 saturated heterocycles. The molecule has 0 aromatic carbocycles. The van der Waals surface area contributed by atoms with Crippen molar-refractivity contribution in [2.24, 2.45) is 0 Å². The predicted molar refractivity (Wildman–Crippen MR) is 70.7 cm³/mol. The smallest absolute Gasteiger partial charge is 0.0482 e. The van der Waals surface area contributed by atoms with Gasteiger partial charge in [-0.15, -0.1) is 23.5 Å². The van der Waals surface area contributed by atoms with Crippen LogP contribution in [0.1, 0.15) is 26.7 Å². The predicted octanol–water partition coefficient (Wildman–Crippen LogP) is 3.93. The molecule has 0 spiro atoms. The van der Waals surface area contributed by atoms with Crippen molar-refractivity contribution >= 4 is 56.4 Å². The van der Waals surface area contributed by atoms with E-state index in [4.69, 9.17) is 24.4 Å². The number of hydrogen-bond donors (Lipinski definition) is 0. The van der Waals surface area contributed by atoms with Crippen LogP contribution in [0.4, 0.5) is 0 Å². The van der Waals surface area contributed by atoms with Crippen molar-refractivity contribution in [3.8, 4) is 0 Å². The van der Waals surface area contributed by atoms with Crippen molar-refractivity contribution < 1.29 is 0 Å². The van der Waals surface area contributed by atoms with Crippen LogP contribution in [-0.4, -0.2) is 19.9 Å². The monoisotopic (exact) mass is 238 g/mol. The molecule has 0 atom stereocenters. The first-order valence-corrected chi connectivity index (χ1v) is 6.80. The Morgan fingerprint density at radius 2 is 1.25 bits per heavy atom. The maximum absolute atomic E-state index is 5.15. The maximum atomic E-state index is 5.15. The lowest BCUT2D eigenvalue weighted by atomic mass is 10.4. The highest BCUT2D eigenvalue weighted by molar-refractivity contribution is 8.23. The average Bonchev–Trinajstić information content (AvgIpc) is 2.02. The highest BCUT2D eigenvalue weighted by atomic mass is 32.2. The zero-order valence-electron chi connectivity index (χ0n) is 7.46. The summed E-state index contributed by atoms with van der Waals surface area (Å²) in [5.41, 5.74) is 0. The van der Waals surface area contributed by atoms with E-state index in [1.807, 2.05) is 0 Å². The summed E-state index contributed by atoms with van der Waals surface area (Å²) >= 11 is 13.8. The summed E-state index contributed by atoms with van der Waals surface area (Å²) in [5, 5.41) is 0. The van der Waals surface area contributed by atoms with Gasteiger partial charge in [-0.2, -0.15) is 0 Å². The number of thiocarbonyl (C=S) groups is 2. The minimum Gasteiger partial charge on any atom is -0.119 e. The average molecular weight is 238 g/mol. The Morgan fingerprint density at radius 1 is 0.917 bits per heavy atom. The van der Waals surface area contributed by atoms with E-state index in [1.165, 1.54) is 0 Å². The molecule has 0 aliphatic carbocycles. The molecule has 0 aliphatic heterocycles. The number of hydrogen-bond acceptors (Lipinski definition) is 4. The lowest BCUT2D eigenvalue weighted by Crippen LogP contribution is -1.94. The van der Waals surface area contributed by atoms with Crippen molar-refractivity contribution in [1.29, 1.82) is 0 Å². The van der Waals surface area contributed by atoms with Gasteiger partial charge in [-0.25, -0.2) is 0 Å². The molecule has 0 aromatic rings. The first kappa shape index (κ1) is 12.9. The SMILES string of the molecule is CCSC(=S)CCC(=S)SCC. The van der Waals surface area contributed by atoms with Gasteiger partial charge in [-0.1, -0.05) is 38.3 Å². The van der Waals surface area contributed by atoms with Crippen LogP contribution in [0.3, 0.4) is 0 Å². The summed E-state index contributed by atoms with van der Waals surface area (Å²) in [6.45, 7) is 4.24. The fourth-order valence-electron chi connectivity index (χ4n) is 0.670. The third-order valence-corrected chi connectivity index (χ3v) is 3.89. The Labute approximate surface area is 94.3 Å². The van der Waals surface area contributed by atoms with E-state index in [0.29, 0.717) is 0 Å². The van der Waals surface area contributed by atoms with Crippen LogP contribution in [0, 0.1) is 0 Å². The molecule has 0 bridgehead atoms. The molecule has 0 radical (unpaired) electrons. The van der Waals surface area contributed by atoms with Crippen LogP contribution in [0.25, 0.3) is 0 Å². The van der Waals surface area contributed by atoms with E-state index in [9.17, 15) is 0 Å². The fraction of sp³-hybridized carbons (Fsp3) is 0.750. The van der Waals surface area contributed by atoms with Crippen LogP contribution in [0.2, 0.25) is 0 Å². The number of thioether (sulfide) groups is 2. The summed E-state index contributed by atoms with van der Waals surface area (Å²) < 4.78 is 2.19. The third kappa shape index (κ3) is 7.53. The summed E-state index contributed by atoms with van der Waals surface area (Å²) in [6, 6.07) is 0. The summed E-state index contributed by atoms with van der Waals surface area (Å²) in [6.07, 6.45) is 1.94. The highest BCUT2D eigenvalue weighted by Gasteiger charge is 2.00. The molecule has 4 heteroatoms. The summed E-state index contributed by atoms with van der Waals surface area (Å²) in [7, 11) is 0. The van der Waals surface area contributed by atoms with Gasteiger partial charge in [0.05, 0.1) is 0 Å². The Bertz CT molecular complexity index is 135. The van der Waals surface area contributed by atoms with Crippen molar-refractivity contribution in [3.63, 3.8) is 0 Å². The molecule has 0 N–H and O–H groups in total. The van der Waals surface area contributed by atoms with Crippen molar-refractivity contribution in [2.45, 2.75) is 26.7 Å². The quantitative estimate of drug-likeness (QED) is 0.665. The van der Waals surface area contributed by atoms with E-state index < -0.39 is 0 Å². The first-order chi connectivity index (χ1) is 5.70. The summed E-state index contributed by atoms with van der Waals surface area (Å²) in [4.78, 5) is 0. The van der Waals surface area contributed by atoms with E-state index >= 15 is 0 Å². The standard InChI is InChI=1S/C8H14S4/c1-3-11-7(9)5-6-8(10)12-4-2/h3-6H2,1-2H3. The maximum Gasteiger partial charge on any atom is 0.0482 e. The second kappa shape index (κ2) is 8.48. The fourth-order valence-corrected chi connectivity index (χ4v) is 2.72. The van der Waals surface area contributed by atoms with Gasteiger partial charge < -0.3 is 0 Å². The van der Waals surface area contributed by atoms with E-state index in [-0.39, 0.29) is 0 Å². The zero-order chi connectivity index (χ0) is 9.40. The van der Waals surface area contributed by atoms with Gasteiger partial charge in [-0.3, -0.25) is 0 Å². The highest BCUT2D eigenvalue weighted by Crippen LogP contribution is 2.14. The lowest BCUT2D eigenvalue weighted by molar-refractivity contribution is 1.22. The molecule has 0 rings (SSSR count). The molecule has 0 aromatic heterocycles. The van der Waals surface area contributed by atoms with Crippen LogP contribution in [-0.2, 0) is 0 Å². The first-order valence-electron chi connectivity index (χ1n) is 4.02. The van der Waals surface area contributed by atoms with E-state index in [1.54, 1.807) is 23.5 Å². The molecule has 0 nitrogen and oxygen atoms in total. The Hall–Kier alpha value is 0.880. The minimum atomic E-state index is 0.972. The molecule has 0 saturated carbocycles. The lowest BCUT2D eigenvalue weighted by Gasteiger charge is -2.01. The molecule has 12 heavy (non-hydrogen) atoms. The van der Waals surface area contributed by atoms with Crippen LogP contribution < -0.4 is 0 Å². The van der Waals surface area contributed by atoms with Gasteiger partial charge in [0.1, 0.15) is 0 Å². The molecule has 0 amide bonds. The Kier molecular flexibility index (Phi) is 9.10. The Balaban J connectivity index is 3.40. The summed E-state index contributed by atoms with van der Waals surface area (Å²) in [5.74, 6) is 2.15. The van der Waals surface area contributed by atoms with Gasteiger partial charge in [0.15, 0.2) is 0 Å². The molecule has 0 aliphatic rings. The van der Waals surface area contributed by atoms with Gasteiger partial charge in [0.2, 0.25) is 0 Å². The van der Waals surface area contributed by atoms with Gasteiger partial charge in [0, 0.05) is 8.39 Å². The van der Waals surface area contributed by atoms with Gasteiger partial charge in [0.25, 0.3) is 0 Å². The zero-order valence-corrected chi connectivity index (χ0v) is 10.7. The third-order valence-electron chi connectivity index (χ3n) is 1.14. The molecule has 70 valence electrons. The van der Waals surface area contributed by atoms with Crippen LogP contribution in [0.5, 0.6) is 0 Å². The largest absolute Gasteiger partial charge is 0.119 e. The second-order valence-corrected chi connectivity index (χ2v) is 6.33. The van der Waals surface area contributed by atoms with E-state index in [2.05, 4.69) is 13.8 Å². The second-order valence-electron chi connectivity index (χ2n) is 2.11. The van der Waals surface area contributed by atoms with Crippen molar-refractivity contribution in [2.75, 3.05) is 11.5 Å². The van der Waals surface area contributed by atoms with Crippen molar-refractivity contribution in [3.05, 3.63) is 0 Å². The van der Waals surface area contributed by atoms with E-state index in [0.717, 1.165) is 32.7 Å². The van der Waals surface area contributed by atoms with Crippen LogP contribution >= 0.6 is 48.0 Å². The molecular weight excluding hydrogens is 224 g/mol. The minimum absolute atomic E-state index is 0.972. The molecular formula is C8H14S4. The molecule has 0 unspecified atom stereocenters. The number of rotatable bonds is 5. The van der Waals surface area contributed by atoms with Gasteiger partial charge >= 0.3 is 0 Å². The topological polar surface area (TPSA) is 0 Å².